The van der Waals surface area contributed by atoms with Gasteiger partial charge in [0, 0.05) is 14.5 Å². The fourth-order valence-electron chi connectivity index (χ4n) is 1.81. The highest BCUT2D eigenvalue weighted by Crippen LogP contribution is 2.31. The van der Waals surface area contributed by atoms with E-state index in [9.17, 15) is 0 Å². The third-order valence-corrected chi connectivity index (χ3v) is 5.11. The smallest absolute Gasteiger partial charge is 0.113 e. The second-order valence-electron chi connectivity index (χ2n) is 4.41. The van der Waals surface area contributed by atoms with Gasteiger partial charge >= 0.3 is 0 Å². The molecule has 1 aromatic heterocycles. The van der Waals surface area contributed by atoms with Crippen LogP contribution in [0.1, 0.15) is 31.7 Å². The van der Waals surface area contributed by atoms with Crippen LogP contribution in [0.4, 0.5) is 0 Å². The molecular weight excluding hydrogens is 355 g/mol. The van der Waals surface area contributed by atoms with Gasteiger partial charge in [0.25, 0.3) is 0 Å². The Balaban J connectivity index is 2.33. The molecule has 96 valence electrons. The highest BCUT2D eigenvalue weighted by atomic mass is 127. The molecule has 0 aliphatic rings. The first-order valence-electron chi connectivity index (χ1n) is 6.10. The van der Waals surface area contributed by atoms with Crippen molar-refractivity contribution in [3.63, 3.8) is 0 Å². The third-order valence-electron chi connectivity index (χ3n) is 3.33. The number of rotatable bonds is 4. The predicted octanol–water partition coefficient (Wildman–Crippen LogP) is 4.39. The Morgan fingerprint density at radius 1 is 1.22 bits per heavy atom. The van der Waals surface area contributed by atoms with Gasteiger partial charge in [-0.1, -0.05) is 26.0 Å². The monoisotopic (exact) mass is 372 g/mol. The van der Waals surface area contributed by atoms with E-state index in [2.05, 4.69) is 66.1 Å². The Bertz CT molecular complexity index is 515. The molecule has 0 aliphatic heterocycles. The van der Waals surface area contributed by atoms with Crippen LogP contribution in [0, 0.1) is 3.57 Å². The number of aromatic nitrogens is 1. The second kappa shape index (κ2) is 5.67. The summed E-state index contributed by atoms with van der Waals surface area (Å²) in [6.07, 6.45) is 1.84. The van der Waals surface area contributed by atoms with Gasteiger partial charge < -0.3 is 5.73 Å². The lowest BCUT2D eigenvalue weighted by Gasteiger charge is -2.23. The molecule has 2 N–H and O–H groups in total. The van der Waals surface area contributed by atoms with Gasteiger partial charge in [0.05, 0.1) is 11.2 Å². The summed E-state index contributed by atoms with van der Waals surface area (Å²) in [5.41, 5.74) is 8.30. The molecule has 0 saturated carbocycles. The lowest BCUT2D eigenvalue weighted by atomic mass is 9.95. The van der Waals surface area contributed by atoms with Crippen LogP contribution in [-0.4, -0.2) is 4.98 Å². The van der Waals surface area contributed by atoms with Crippen molar-refractivity contribution in [1.29, 1.82) is 0 Å². The standard InChI is InChI=1S/C14H17IN2S/c1-3-14(16,4-2)13-17-12(9-18-13)10-5-7-11(15)8-6-10/h5-9H,3-4,16H2,1-2H3. The number of nitrogens with zero attached hydrogens (tertiary/aromatic N) is 1. The summed E-state index contributed by atoms with van der Waals surface area (Å²) < 4.78 is 1.24. The van der Waals surface area contributed by atoms with Gasteiger partial charge in [-0.25, -0.2) is 4.98 Å². The first-order valence-corrected chi connectivity index (χ1v) is 8.05. The molecule has 2 aromatic rings. The molecule has 0 atom stereocenters. The molecular formula is C14H17IN2S. The van der Waals surface area contributed by atoms with Crippen LogP contribution in [0.2, 0.25) is 0 Å². The molecule has 4 heteroatoms. The molecule has 18 heavy (non-hydrogen) atoms. The van der Waals surface area contributed by atoms with E-state index in [0.717, 1.165) is 29.1 Å². The quantitative estimate of drug-likeness (QED) is 0.809. The van der Waals surface area contributed by atoms with E-state index in [4.69, 9.17) is 10.7 Å². The van der Waals surface area contributed by atoms with Gasteiger partial charge in [-0.2, -0.15) is 0 Å². The molecule has 0 bridgehead atoms. The number of hydrogen-bond donors (Lipinski definition) is 1. The van der Waals surface area contributed by atoms with Gasteiger partial charge in [-0.15, -0.1) is 11.3 Å². The molecule has 0 unspecified atom stereocenters. The number of thiazole rings is 1. The Morgan fingerprint density at radius 3 is 2.39 bits per heavy atom. The van der Waals surface area contributed by atoms with E-state index in [1.165, 1.54) is 3.57 Å². The normalized spacial score (nSPS) is 11.8. The van der Waals surface area contributed by atoms with Gasteiger partial charge in [0.15, 0.2) is 0 Å². The third kappa shape index (κ3) is 2.75. The van der Waals surface area contributed by atoms with Gasteiger partial charge in [0.1, 0.15) is 5.01 Å². The zero-order valence-electron chi connectivity index (χ0n) is 10.6. The molecule has 2 rings (SSSR count). The number of hydrogen-bond acceptors (Lipinski definition) is 3. The Kier molecular flexibility index (Phi) is 4.40. The average Bonchev–Trinajstić information content (AvgIpc) is 2.89. The highest BCUT2D eigenvalue weighted by molar-refractivity contribution is 14.1. The van der Waals surface area contributed by atoms with Gasteiger partial charge in [0.2, 0.25) is 0 Å². The maximum absolute atomic E-state index is 6.38. The first-order chi connectivity index (χ1) is 8.59. The van der Waals surface area contributed by atoms with E-state index in [0.29, 0.717) is 0 Å². The van der Waals surface area contributed by atoms with Crippen LogP contribution in [-0.2, 0) is 5.54 Å². The topological polar surface area (TPSA) is 38.9 Å². The number of halogens is 1. The first kappa shape index (κ1) is 14.0. The van der Waals surface area contributed by atoms with E-state index in [1.807, 2.05) is 0 Å². The van der Waals surface area contributed by atoms with Crippen LogP contribution < -0.4 is 5.73 Å². The summed E-state index contributed by atoms with van der Waals surface area (Å²) in [7, 11) is 0. The summed E-state index contributed by atoms with van der Waals surface area (Å²) in [6, 6.07) is 8.42. The van der Waals surface area contributed by atoms with E-state index in [-0.39, 0.29) is 5.54 Å². The summed E-state index contributed by atoms with van der Waals surface area (Å²) in [5, 5.41) is 3.14. The fraction of sp³-hybridized carbons (Fsp3) is 0.357. The van der Waals surface area contributed by atoms with Crippen molar-refractivity contribution in [3.8, 4) is 11.3 Å². The van der Waals surface area contributed by atoms with Crippen LogP contribution in [0.15, 0.2) is 29.6 Å². The van der Waals surface area contributed by atoms with Crippen LogP contribution in [0.25, 0.3) is 11.3 Å². The van der Waals surface area contributed by atoms with Crippen LogP contribution in [0.3, 0.4) is 0 Å². The molecule has 0 radical (unpaired) electrons. The number of nitrogens with two attached hydrogens (primary N) is 1. The molecule has 2 nitrogen and oxygen atoms in total. The summed E-state index contributed by atoms with van der Waals surface area (Å²) in [5.74, 6) is 0. The molecule has 0 fully saturated rings. The predicted molar refractivity (Wildman–Crippen MR) is 86.7 cm³/mol. The van der Waals surface area contributed by atoms with Crippen molar-refractivity contribution in [2.45, 2.75) is 32.2 Å². The van der Waals surface area contributed by atoms with Crippen LogP contribution in [0.5, 0.6) is 0 Å². The molecule has 1 aromatic carbocycles. The van der Waals surface area contributed by atoms with Crippen molar-refractivity contribution in [1.82, 2.24) is 4.98 Å². The van der Waals surface area contributed by atoms with E-state index >= 15 is 0 Å². The Morgan fingerprint density at radius 2 is 1.83 bits per heavy atom. The lowest BCUT2D eigenvalue weighted by Crippen LogP contribution is -2.34. The van der Waals surface area contributed by atoms with Crippen molar-refractivity contribution in [3.05, 3.63) is 38.2 Å². The van der Waals surface area contributed by atoms with Crippen molar-refractivity contribution >= 4 is 33.9 Å². The lowest BCUT2D eigenvalue weighted by molar-refractivity contribution is 0.411. The zero-order valence-corrected chi connectivity index (χ0v) is 13.6. The zero-order chi connectivity index (χ0) is 13.2. The SMILES string of the molecule is CCC(N)(CC)c1nc(-c2ccc(I)cc2)cs1. The highest BCUT2D eigenvalue weighted by Gasteiger charge is 2.26. The van der Waals surface area contributed by atoms with E-state index < -0.39 is 0 Å². The maximum Gasteiger partial charge on any atom is 0.113 e. The van der Waals surface area contributed by atoms with E-state index in [1.54, 1.807) is 11.3 Å². The average molecular weight is 372 g/mol. The minimum atomic E-state index is -0.272. The molecule has 0 spiro atoms. The molecule has 0 saturated heterocycles. The van der Waals surface area contributed by atoms with Crippen LogP contribution >= 0.6 is 33.9 Å². The van der Waals surface area contributed by atoms with Crippen molar-refractivity contribution < 1.29 is 0 Å². The summed E-state index contributed by atoms with van der Waals surface area (Å²) >= 11 is 3.97. The minimum absolute atomic E-state index is 0.272. The van der Waals surface area contributed by atoms with Gasteiger partial charge in [-0.3, -0.25) is 0 Å². The largest absolute Gasteiger partial charge is 0.319 e. The fourth-order valence-corrected chi connectivity index (χ4v) is 3.25. The summed E-state index contributed by atoms with van der Waals surface area (Å²) in [4.78, 5) is 4.71. The van der Waals surface area contributed by atoms with Crippen molar-refractivity contribution in [2.75, 3.05) is 0 Å². The molecule has 0 amide bonds. The second-order valence-corrected chi connectivity index (χ2v) is 6.51. The summed E-state index contributed by atoms with van der Waals surface area (Å²) in [6.45, 7) is 4.24. The maximum atomic E-state index is 6.38. The van der Waals surface area contributed by atoms with Gasteiger partial charge in [-0.05, 0) is 47.6 Å². The van der Waals surface area contributed by atoms with Crippen molar-refractivity contribution in [2.24, 2.45) is 5.73 Å². The Labute approximate surface area is 126 Å². The number of benzene rings is 1. The minimum Gasteiger partial charge on any atom is -0.319 e. The molecule has 0 aliphatic carbocycles. The molecule has 1 heterocycles. The Hall–Kier alpha value is -0.460.